The number of hydrogen-bond donors (Lipinski definition) is 5. The Balaban J connectivity index is 1.29. The Morgan fingerprint density at radius 2 is 1.87 bits per heavy atom. The first-order chi connectivity index (χ1) is 21.7. The number of aromatic hydroxyl groups is 1. The smallest absolute Gasteiger partial charge is 0.159 e. The van der Waals surface area contributed by atoms with E-state index in [0.29, 0.717) is 44.4 Å². The van der Waals surface area contributed by atoms with Crippen LogP contribution in [0.5, 0.6) is 5.75 Å². The molecule has 4 saturated carbocycles. The molecule has 0 amide bonds. The summed E-state index contributed by atoms with van der Waals surface area (Å²) in [4.78, 5) is 14.2. The molecule has 1 aromatic rings. The summed E-state index contributed by atoms with van der Waals surface area (Å²) in [5.41, 5.74) is -2.53. The monoisotopic (exact) mass is 632 g/mol. The molecule has 7 nitrogen and oxygen atoms in total. The number of phenols is 1. The highest BCUT2D eigenvalue weighted by molar-refractivity contribution is 5.95. The van der Waals surface area contributed by atoms with Crippen molar-refractivity contribution in [3.8, 4) is 5.75 Å². The topological polar surface area (TPSA) is 131 Å². The average molecular weight is 633 g/mol. The number of epoxide rings is 1. The lowest BCUT2D eigenvalue weighted by Crippen LogP contribution is -2.69. The number of phenolic OH excluding ortho intramolecular Hbond substituents is 1. The van der Waals surface area contributed by atoms with E-state index >= 15 is 0 Å². The minimum absolute atomic E-state index is 0.0393. The lowest BCUT2D eigenvalue weighted by Gasteiger charge is -2.68. The number of ketones is 1. The number of aliphatic hydroxyl groups excluding tert-OH is 2. The van der Waals surface area contributed by atoms with E-state index < -0.39 is 45.6 Å². The van der Waals surface area contributed by atoms with Crippen LogP contribution < -0.4 is 0 Å². The molecule has 7 heteroatoms. The van der Waals surface area contributed by atoms with Gasteiger partial charge in [-0.05, 0) is 116 Å². The van der Waals surface area contributed by atoms with Crippen LogP contribution in [0, 0.1) is 51.8 Å². The lowest BCUT2D eigenvalue weighted by atomic mass is 9.37. The Kier molecular flexibility index (Phi) is 6.80. The largest absolute Gasteiger partial charge is 0.508 e. The number of carbonyl (C=O) groups excluding carboxylic acids is 1. The average Bonchev–Trinajstić information content (AvgIpc) is 3.70. The number of aryl methyl sites for hydroxylation is 1. The number of ether oxygens (including phenoxy) is 1. The van der Waals surface area contributed by atoms with Gasteiger partial charge in [-0.1, -0.05) is 52.0 Å². The van der Waals surface area contributed by atoms with Crippen LogP contribution >= 0.6 is 0 Å². The van der Waals surface area contributed by atoms with Crippen LogP contribution in [0.3, 0.4) is 0 Å². The van der Waals surface area contributed by atoms with Gasteiger partial charge in [-0.3, -0.25) is 4.79 Å². The molecule has 0 aromatic heterocycles. The van der Waals surface area contributed by atoms with E-state index in [1.807, 2.05) is 12.1 Å². The van der Waals surface area contributed by atoms with Gasteiger partial charge in [0.05, 0.1) is 23.9 Å². The van der Waals surface area contributed by atoms with Gasteiger partial charge in [-0.25, -0.2) is 0 Å². The molecular formula is C39H52O7. The van der Waals surface area contributed by atoms with Crippen LogP contribution in [0.25, 0.3) is 0 Å². The van der Waals surface area contributed by atoms with Gasteiger partial charge in [-0.2, -0.15) is 0 Å². The van der Waals surface area contributed by atoms with Crippen molar-refractivity contribution in [2.45, 2.75) is 121 Å². The van der Waals surface area contributed by atoms with E-state index in [9.17, 15) is 30.3 Å². The highest BCUT2D eigenvalue weighted by atomic mass is 16.6. The van der Waals surface area contributed by atoms with Crippen molar-refractivity contribution in [1.29, 1.82) is 0 Å². The van der Waals surface area contributed by atoms with Gasteiger partial charge in [0.2, 0.25) is 0 Å². The maximum atomic E-state index is 14.2. The number of hydrogen-bond acceptors (Lipinski definition) is 7. The first-order valence-electron chi connectivity index (χ1n) is 17.9. The normalized spacial score (nSPS) is 50.8. The summed E-state index contributed by atoms with van der Waals surface area (Å²) in [6.07, 6.45) is 9.22. The maximum Gasteiger partial charge on any atom is 0.159 e. The van der Waals surface area contributed by atoms with Gasteiger partial charge in [0, 0.05) is 22.7 Å². The Labute approximate surface area is 272 Å². The molecule has 0 unspecified atom stereocenters. The number of benzene rings is 1. The third-order valence-corrected chi connectivity index (χ3v) is 15.4. The van der Waals surface area contributed by atoms with Crippen LogP contribution in [0.2, 0.25) is 0 Å². The second-order valence-corrected chi connectivity index (χ2v) is 17.0. The van der Waals surface area contributed by atoms with Crippen LogP contribution in [0.1, 0.15) is 84.6 Å². The van der Waals surface area contributed by atoms with Crippen LogP contribution in [0.4, 0.5) is 0 Å². The summed E-state index contributed by atoms with van der Waals surface area (Å²) >= 11 is 0. The Morgan fingerprint density at radius 1 is 1.09 bits per heavy atom. The van der Waals surface area contributed by atoms with Crippen molar-refractivity contribution < 1.29 is 35.1 Å². The van der Waals surface area contributed by atoms with E-state index in [-0.39, 0.29) is 53.8 Å². The van der Waals surface area contributed by atoms with E-state index in [0.717, 1.165) is 24.0 Å². The van der Waals surface area contributed by atoms with Gasteiger partial charge < -0.3 is 30.3 Å². The van der Waals surface area contributed by atoms with Crippen molar-refractivity contribution >= 4 is 5.78 Å². The van der Waals surface area contributed by atoms with Crippen molar-refractivity contribution in [1.82, 2.24) is 0 Å². The number of aliphatic hydroxyl groups is 4. The summed E-state index contributed by atoms with van der Waals surface area (Å²) in [5, 5.41) is 59.0. The Bertz CT molecular complexity index is 1500. The quantitative estimate of drug-likeness (QED) is 0.223. The first-order valence-corrected chi connectivity index (χ1v) is 17.9. The fourth-order valence-electron chi connectivity index (χ4n) is 12.9. The highest BCUT2D eigenvalue weighted by Gasteiger charge is 2.80. The van der Waals surface area contributed by atoms with Gasteiger partial charge in [0.1, 0.15) is 17.5 Å². The molecule has 5 fully saturated rings. The predicted molar refractivity (Wildman–Crippen MR) is 172 cm³/mol. The molecule has 0 bridgehead atoms. The zero-order valence-corrected chi connectivity index (χ0v) is 27.7. The number of allylic oxidation sites excluding steroid dienone is 2. The molecular weight excluding hydrogens is 580 g/mol. The second kappa shape index (κ2) is 10.0. The molecule has 250 valence electrons. The molecule has 46 heavy (non-hydrogen) atoms. The number of rotatable bonds is 6. The molecule has 8 rings (SSSR count). The highest BCUT2D eigenvalue weighted by Crippen LogP contribution is 2.80. The van der Waals surface area contributed by atoms with Crippen LogP contribution in [0.15, 0.2) is 48.1 Å². The summed E-state index contributed by atoms with van der Waals surface area (Å²) in [6.45, 7) is 8.75. The molecule has 1 aliphatic heterocycles. The lowest BCUT2D eigenvalue weighted by molar-refractivity contribution is -0.205. The van der Waals surface area contributed by atoms with E-state index in [4.69, 9.17) is 4.74 Å². The minimum atomic E-state index is -1.34. The van der Waals surface area contributed by atoms with Crippen LogP contribution in [-0.2, 0) is 16.0 Å². The van der Waals surface area contributed by atoms with Crippen molar-refractivity contribution in [2.24, 2.45) is 51.8 Å². The van der Waals surface area contributed by atoms with Gasteiger partial charge in [0.15, 0.2) is 5.78 Å². The van der Waals surface area contributed by atoms with E-state index in [2.05, 4.69) is 39.8 Å². The fourth-order valence-corrected chi connectivity index (χ4v) is 12.9. The van der Waals surface area contributed by atoms with E-state index in [1.54, 1.807) is 18.2 Å². The maximum absolute atomic E-state index is 14.2. The molecule has 5 N–H and O–H groups in total. The fraction of sp³-hybridized carbons (Fsp3) is 0.718. The van der Waals surface area contributed by atoms with E-state index in [1.165, 1.54) is 0 Å². The van der Waals surface area contributed by atoms with Crippen molar-refractivity contribution in [3.63, 3.8) is 0 Å². The van der Waals surface area contributed by atoms with Crippen molar-refractivity contribution in [2.75, 3.05) is 0 Å². The van der Waals surface area contributed by atoms with Gasteiger partial charge in [-0.15, -0.1) is 0 Å². The van der Waals surface area contributed by atoms with Crippen LogP contribution in [-0.4, -0.2) is 66.9 Å². The van der Waals surface area contributed by atoms with Gasteiger partial charge in [0.25, 0.3) is 0 Å². The third kappa shape index (κ3) is 3.70. The summed E-state index contributed by atoms with van der Waals surface area (Å²) in [7, 11) is 0. The van der Waals surface area contributed by atoms with Crippen molar-refractivity contribution in [3.05, 3.63) is 53.6 Å². The molecule has 1 saturated heterocycles. The molecule has 14 atom stereocenters. The Morgan fingerprint density at radius 3 is 2.61 bits per heavy atom. The molecule has 1 heterocycles. The summed E-state index contributed by atoms with van der Waals surface area (Å²) < 4.78 is 6.39. The predicted octanol–water partition coefficient (Wildman–Crippen LogP) is 4.88. The third-order valence-electron chi connectivity index (χ3n) is 15.4. The molecule has 1 aromatic carbocycles. The molecule has 0 radical (unpaired) electrons. The zero-order valence-electron chi connectivity index (χ0n) is 27.7. The second-order valence-electron chi connectivity index (χ2n) is 17.0. The molecule has 6 aliphatic carbocycles. The summed E-state index contributed by atoms with van der Waals surface area (Å²) in [6, 6.07) is 7.32. The van der Waals surface area contributed by atoms with Gasteiger partial charge >= 0.3 is 0 Å². The zero-order chi connectivity index (χ0) is 32.6. The summed E-state index contributed by atoms with van der Waals surface area (Å²) in [5.74, 6) is -0.0803. The number of fused-ring (bicyclic) bond motifs is 1. The molecule has 7 aliphatic rings. The SMILES string of the molecule is CC(C)[C@@H](C)[C@@H]1O[C@H]1[C@@]1(O)CC=C[C@@H]2C[C@@]34CC[C@@H]5[C@H](O)[C@H](O)C[C@@H](C(=O)C=C3[C@]3(O)CC[C@H]1[C@@]23CCc1cccc(O)c1)[C@]54C. The Hall–Kier alpha value is -2.03. The number of carbonyl (C=O) groups is 1. The minimum Gasteiger partial charge on any atom is -0.508 e. The molecule has 1 spiro atoms. The first kappa shape index (κ1) is 31.3. The standard InChI is InChI=1S/C39H52O7/c1-21(2)22(3)33-34(46-33)38(44)13-6-8-24-20-36-14-11-26-32(43)29(42)18-27(35(26,36)4)28(41)19-31(36)39(45)16-12-30(38)37(24,39)15-10-23-7-5-9-25(40)17-23/h5-9,17,19,21-22,24,26-27,29-30,32-34,40,42-45H,10-16,18,20H2,1-4H3/t22-,24-,26-,27+,29-,30+,32+,33+,34-,35+,36+,37-,38-,39-/m1/s1.